The predicted molar refractivity (Wildman–Crippen MR) is 95.0 cm³/mol. The van der Waals surface area contributed by atoms with E-state index in [0.717, 1.165) is 19.5 Å². The molecule has 0 aromatic heterocycles. The first-order valence-corrected chi connectivity index (χ1v) is 8.48. The van der Waals surface area contributed by atoms with Gasteiger partial charge in [-0.15, -0.1) is 0 Å². The maximum atomic E-state index is 14.5. The van der Waals surface area contributed by atoms with E-state index in [4.69, 9.17) is 5.26 Å². The molecule has 1 heterocycles. The van der Waals surface area contributed by atoms with Crippen LogP contribution in [0.5, 0.6) is 0 Å². The molecule has 2 aromatic carbocycles. The van der Waals surface area contributed by atoms with E-state index in [0.29, 0.717) is 13.0 Å². The van der Waals surface area contributed by atoms with Crippen molar-refractivity contribution in [1.82, 2.24) is 4.90 Å². The molecular formula is C21H23FN2. The van der Waals surface area contributed by atoms with Crippen LogP contribution in [0.15, 0.2) is 54.6 Å². The molecule has 124 valence electrons. The molecule has 2 nitrogen and oxygen atoms in total. The number of benzene rings is 2. The number of alkyl halides is 1. The molecule has 0 bridgehead atoms. The van der Waals surface area contributed by atoms with Crippen LogP contribution >= 0.6 is 0 Å². The summed E-state index contributed by atoms with van der Waals surface area (Å²) >= 11 is 0. The molecule has 0 spiro atoms. The molecule has 24 heavy (non-hydrogen) atoms. The zero-order valence-electron chi connectivity index (χ0n) is 14.1. The maximum Gasteiger partial charge on any atom is 0.119 e. The minimum atomic E-state index is -0.936. The number of halogens is 1. The van der Waals surface area contributed by atoms with Crippen LogP contribution in [-0.2, 0) is 6.54 Å². The Morgan fingerprint density at radius 3 is 2.42 bits per heavy atom. The van der Waals surface area contributed by atoms with E-state index in [-0.39, 0.29) is 0 Å². The van der Waals surface area contributed by atoms with Crippen molar-refractivity contribution in [3.05, 3.63) is 60.2 Å². The summed E-state index contributed by atoms with van der Waals surface area (Å²) in [4.78, 5) is 2.15. The van der Waals surface area contributed by atoms with Crippen molar-refractivity contribution in [2.24, 2.45) is 5.41 Å². The van der Waals surface area contributed by atoms with E-state index >= 15 is 0 Å². The van der Waals surface area contributed by atoms with E-state index in [1.165, 1.54) is 16.7 Å². The molecule has 0 unspecified atom stereocenters. The smallest absolute Gasteiger partial charge is 0.119 e. The lowest BCUT2D eigenvalue weighted by Crippen LogP contribution is -2.47. The first-order chi connectivity index (χ1) is 11.6. The van der Waals surface area contributed by atoms with Gasteiger partial charge < -0.3 is 0 Å². The van der Waals surface area contributed by atoms with Crippen molar-refractivity contribution in [1.29, 1.82) is 5.26 Å². The van der Waals surface area contributed by atoms with Crippen molar-refractivity contribution >= 4 is 0 Å². The molecular weight excluding hydrogens is 299 g/mol. The molecule has 1 aliphatic heterocycles. The Labute approximate surface area is 143 Å². The van der Waals surface area contributed by atoms with Crippen LogP contribution < -0.4 is 0 Å². The van der Waals surface area contributed by atoms with Gasteiger partial charge in [0.15, 0.2) is 0 Å². The SMILES string of the molecule is C[C@]1(CC#N)CCN(Cc2ccc(-c3ccccc3)cc2)C[C@@H]1F. The summed E-state index contributed by atoms with van der Waals surface area (Å²) in [6, 6.07) is 20.9. The number of nitriles is 1. The summed E-state index contributed by atoms with van der Waals surface area (Å²) in [6.07, 6.45) is 0.104. The third-order valence-electron chi connectivity index (χ3n) is 5.12. The van der Waals surface area contributed by atoms with Crippen molar-refractivity contribution < 1.29 is 4.39 Å². The number of hydrogen-bond donors (Lipinski definition) is 0. The summed E-state index contributed by atoms with van der Waals surface area (Å²) < 4.78 is 14.5. The third kappa shape index (κ3) is 3.66. The Hall–Kier alpha value is -2.18. The molecule has 0 saturated carbocycles. The highest BCUT2D eigenvalue weighted by Gasteiger charge is 2.39. The first-order valence-electron chi connectivity index (χ1n) is 8.48. The van der Waals surface area contributed by atoms with E-state index in [1.54, 1.807) is 0 Å². The van der Waals surface area contributed by atoms with Crippen LogP contribution in [0.4, 0.5) is 4.39 Å². The number of likely N-dealkylation sites (tertiary alicyclic amines) is 1. The molecule has 0 amide bonds. The highest BCUT2D eigenvalue weighted by atomic mass is 19.1. The Balaban J connectivity index is 1.62. The van der Waals surface area contributed by atoms with Crippen molar-refractivity contribution in [2.45, 2.75) is 32.5 Å². The van der Waals surface area contributed by atoms with E-state index in [1.807, 2.05) is 25.1 Å². The standard InChI is InChI=1S/C21H23FN2/c1-21(11-13-23)12-14-24(16-20(21)22)15-17-7-9-19(10-8-17)18-5-3-2-4-6-18/h2-10,20H,11-12,14-16H2,1H3/t20-,21-/m0/s1. The third-order valence-corrected chi connectivity index (χ3v) is 5.12. The Kier molecular flexibility index (Phi) is 4.97. The average molecular weight is 322 g/mol. The van der Waals surface area contributed by atoms with Gasteiger partial charge in [-0.1, -0.05) is 61.5 Å². The molecule has 1 fully saturated rings. The Morgan fingerprint density at radius 1 is 1.12 bits per heavy atom. The average Bonchev–Trinajstić information content (AvgIpc) is 2.60. The number of rotatable bonds is 4. The molecule has 0 aliphatic carbocycles. The lowest BCUT2D eigenvalue weighted by atomic mass is 9.76. The number of nitrogens with zero attached hydrogens (tertiary/aromatic N) is 2. The van der Waals surface area contributed by atoms with Crippen molar-refractivity contribution in [2.75, 3.05) is 13.1 Å². The second-order valence-corrected chi connectivity index (χ2v) is 7.00. The molecule has 0 radical (unpaired) electrons. The van der Waals surface area contributed by atoms with Gasteiger partial charge in [-0.3, -0.25) is 4.90 Å². The Morgan fingerprint density at radius 2 is 1.79 bits per heavy atom. The van der Waals surface area contributed by atoms with Gasteiger partial charge in [0.25, 0.3) is 0 Å². The van der Waals surface area contributed by atoms with E-state index < -0.39 is 11.6 Å². The monoisotopic (exact) mass is 322 g/mol. The largest absolute Gasteiger partial charge is 0.296 e. The van der Waals surface area contributed by atoms with Gasteiger partial charge in [-0.25, -0.2) is 4.39 Å². The number of hydrogen-bond acceptors (Lipinski definition) is 2. The Bertz CT molecular complexity index is 705. The molecule has 2 atom stereocenters. The molecule has 1 aliphatic rings. The van der Waals surface area contributed by atoms with Crippen molar-refractivity contribution in [3.8, 4) is 17.2 Å². The number of piperidine rings is 1. The quantitative estimate of drug-likeness (QED) is 0.807. The lowest BCUT2D eigenvalue weighted by Gasteiger charge is -2.41. The fraction of sp³-hybridized carbons (Fsp3) is 0.381. The second-order valence-electron chi connectivity index (χ2n) is 7.00. The minimum absolute atomic E-state index is 0.299. The zero-order chi connectivity index (χ0) is 17.0. The molecule has 3 heteroatoms. The summed E-state index contributed by atoms with van der Waals surface area (Å²) in [6.45, 7) is 3.92. The van der Waals surface area contributed by atoms with Crippen LogP contribution in [-0.4, -0.2) is 24.2 Å². The van der Waals surface area contributed by atoms with Gasteiger partial charge >= 0.3 is 0 Å². The van der Waals surface area contributed by atoms with Gasteiger partial charge in [-0.2, -0.15) is 5.26 Å². The van der Waals surface area contributed by atoms with Gasteiger partial charge in [0.05, 0.1) is 6.07 Å². The molecule has 2 aromatic rings. The van der Waals surface area contributed by atoms with Crippen LogP contribution in [0.2, 0.25) is 0 Å². The van der Waals surface area contributed by atoms with Crippen molar-refractivity contribution in [3.63, 3.8) is 0 Å². The molecule has 3 rings (SSSR count). The fourth-order valence-electron chi connectivity index (χ4n) is 3.32. The van der Waals surface area contributed by atoms with Crippen LogP contribution in [0.25, 0.3) is 11.1 Å². The normalized spacial score (nSPS) is 24.5. The summed E-state index contributed by atoms with van der Waals surface area (Å²) in [5.74, 6) is 0. The predicted octanol–water partition coefficient (Wildman–Crippen LogP) is 4.82. The van der Waals surface area contributed by atoms with Gasteiger partial charge in [0, 0.05) is 24.9 Å². The van der Waals surface area contributed by atoms with E-state index in [2.05, 4.69) is 47.4 Å². The van der Waals surface area contributed by atoms with Crippen LogP contribution in [0.1, 0.15) is 25.3 Å². The topological polar surface area (TPSA) is 27.0 Å². The molecule has 1 saturated heterocycles. The highest BCUT2D eigenvalue weighted by molar-refractivity contribution is 5.63. The summed E-state index contributed by atoms with van der Waals surface area (Å²) in [7, 11) is 0. The maximum absolute atomic E-state index is 14.5. The first kappa shape index (κ1) is 16.7. The summed E-state index contributed by atoms with van der Waals surface area (Å²) in [5, 5.41) is 8.89. The van der Waals surface area contributed by atoms with Gasteiger partial charge in [0.2, 0.25) is 0 Å². The highest BCUT2D eigenvalue weighted by Crippen LogP contribution is 2.36. The fourth-order valence-corrected chi connectivity index (χ4v) is 3.32. The zero-order valence-corrected chi connectivity index (χ0v) is 14.1. The van der Waals surface area contributed by atoms with Crippen LogP contribution in [0.3, 0.4) is 0 Å². The lowest BCUT2D eigenvalue weighted by molar-refractivity contribution is 0.0186. The minimum Gasteiger partial charge on any atom is -0.296 e. The van der Waals surface area contributed by atoms with Crippen LogP contribution in [0, 0.1) is 16.7 Å². The van der Waals surface area contributed by atoms with E-state index in [9.17, 15) is 4.39 Å². The van der Waals surface area contributed by atoms with Gasteiger partial charge in [-0.05, 0) is 29.7 Å². The van der Waals surface area contributed by atoms with Gasteiger partial charge in [0.1, 0.15) is 6.17 Å². The summed E-state index contributed by atoms with van der Waals surface area (Å²) in [5.41, 5.74) is 3.12. The molecule has 0 N–H and O–H groups in total. The second kappa shape index (κ2) is 7.15.